The minimum Gasteiger partial charge on any atom is -0.374 e. The van der Waals surface area contributed by atoms with E-state index in [1.807, 2.05) is 30.3 Å². The number of ether oxygens (including phenoxy) is 1. The van der Waals surface area contributed by atoms with E-state index in [9.17, 15) is 14.4 Å². The van der Waals surface area contributed by atoms with Gasteiger partial charge in [0, 0.05) is 28.7 Å². The van der Waals surface area contributed by atoms with Crippen LogP contribution in [0.3, 0.4) is 0 Å². The predicted octanol–water partition coefficient (Wildman–Crippen LogP) is 2.36. The van der Waals surface area contributed by atoms with Gasteiger partial charge in [0.2, 0.25) is 11.8 Å². The standard InChI is InChI=1S/C22H21Cl2N3O4/c23-16-8-15(9-17(24)10-16)21(29)26-6-7-27-19(11-26)20(28)25-18(22(27)30)13-31-12-14-4-2-1-3-5-14/h1-5,8-10,18-19H,6-7,11-13H2,(H,25,28)/t18-,19+/m0/s1. The van der Waals surface area contributed by atoms with E-state index in [4.69, 9.17) is 27.9 Å². The molecule has 2 saturated heterocycles. The maximum absolute atomic E-state index is 12.9. The summed E-state index contributed by atoms with van der Waals surface area (Å²) in [6.45, 7) is 1.14. The van der Waals surface area contributed by atoms with E-state index < -0.39 is 12.1 Å². The number of benzene rings is 2. The summed E-state index contributed by atoms with van der Waals surface area (Å²) in [4.78, 5) is 41.5. The normalized spacial score (nSPS) is 21.0. The lowest BCUT2D eigenvalue weighted by Crippen LogP contribution is -2.70. The Morgan fingerprint density at radius 2 is 1.77 bits per heavy atom. The Bertz CT molecular complexity index is 981. The number of amides is 3. The third kappa shape index (κ3) is 4.84. The van der Waals surface area contributed by atoms with Gasteiger partial charge in [0.25, 0.3) is 5.91 Å². The highest BCUT2D eigenvalue weighted by Gasteiger charge is 2.44. The number of nitrogens with zero attached hydrogens (tertiary/aromatic N) is 2. The Balaban J connectivity index is 1.37. The van der Waals surface area contributed by atoms with Crippen LogP contribution in [0.5, 0.6) is 0 Å². The molecule has 162 valence electrons. The summed E-state index contributed by atoms with van der Waals surface area (Å²) in [7, 11) is 0. The van der Waals surface area contributed by atoms with Gasteiger partial charge >= 0.3 is 0 Å². The molecular weight excluding hydrogens is 441 g/mol. The summed E-state index contributed by atoms with van der Waals surface area (Å²) in [5.41, 5.74) is 1.34. The van der Waals surface area contributed by atoms with Gasteiger partial charge in [0.1, 0.15) is 12.1 Å². The molecule has 7 nitrogen and oxygen atoms in total. The van der Waals surface area contributed by atoms with Crippen molar-refractivity contribution in [2.24, 2.45) is 0 Å². The second-order valence-corrected chi connectivity index (χ2v) is 8.39. The molecule has 0 spiro atoms. The van der Waals surface area contributed by atoms with Gasteiger partial charge in [-0.1, -0.05) is 53.5 Å². The minimum absolute atomic E-state index is 0.0896. The number of hydrogen-bond acceptors (Lipinski definition) is 4. The lowest BCUT2D eigenvalue weighted by molar-refractivity contribution is -0.154. The van der Waals surface area contributed by atoms with Gasteiger partial charge in [0.15, 0.2) is 0 Å². The highest BCUT2D eigenvalue weighted by molar-refractivity contribution is 6.35. The van der Waals surface area contributed by atoms with Gasteiger partial charge < -0.3 is 19.9 Å². The number of hydrogen-bond donors (Lipinski definition) is 1. The van der Waals surface area contributed by atoms with Crippen molar-refractivity contribution >= 4 is 40.9 Å². The first-order valence-electron chi connectivity index (χ1n) is 9.90. The van der Waals surface area contributed by atoms with Crippen LogP contribution in [-0.4, -0.2) is 65.8 Å². The molecule has 0 bridgehead atoms. The number of piperazine rings is 2. The number of halogens is 2. The molecule has 2 fully saturated rings. The molecule has 4 rings (SSSR count). The predicted molar refractivity (Wildman–Crippen MR) is 116 cm³/mol. The largest absolute Gasteiger partial charge is 0.374 e. The number of carbonyl (C=O) groups is 3. The van der Waals surface area contributed by atoms with Crippen LogP contribution in [0.25, 0.3) is 0 Å². The molecule has 2 heterocycles. The van der Waals surface area contributed by atoms with Crippen LogP contribution in [-0.2, 0) is 20.9 Å². The van der Waals surface area contributed by atoms with Gasteiger partial charge in [0.05, 0.1) is 19.8 Å². The van der Waals surface area contributed by atoms with Crippen molar-refractivity contribution in [1.29, 1.82) is 0 Å². The third-order valence-corrected chi connectivity index (χ3v) is 5.81. The summed E-state index contributed by atoms with van der Waals surface area (Å²) >= 11 is 12.0. The summed E-state index contributed by atoms with van der Waals surface area (Å²) in [5, 5.41) is 3.45. The average Bonchev–Trinajstić information content (AvgIpc) is 2.76. The van der Waals surface area contributed by atoms with E-state index in [1.54, 1.807) is 11.0 Å². The second kappa shape index (κ2) is 9.26. The molecule has 2 aromatic rings. The molecule has 9 heteroatoms. The summed E-state index contributed by atoms with van der Waals surface area (Å²) in [6, 6.07) is 12.8. The van der Waals surface area contributed by atoms with E-state index in [1.165, 1.54) is 17.0 Å². The number of fused-ring (bicyclic) bond motifs is 1. The van der Waals surface area contributed by atoms with Crippen molar-refractivity contribution in [1.82, 2.24) is 15.1 Å². The minimum atomic E-state index is -0.735. The van der Waals surface area contributed by atoms with Crippen molar-refractivity contribution in [3.63, 3.8) is 0 Å². The fraction of sp³-hybridized carbons (Fsp3) is 0.318. The monoisotopic (exact) mass is 461 g/mol. The summed E-state index contributed by atoms with van der Waals surface area (Å²) < 4.78 is 5.65. The van der Waals surface area contributed by atoms with Gasteiger partial charge in [-0.25, -0.2) is 0 Å². The molecule has 2 aromatic carbocycles. The molecule has 0 aromatic heterocycles. The number of rotatable bonds is 5. The molecule has 0 unspecified atom stereocenters. The van der Waals surface area contributed by atoms with Gasteiger partial charge in [-0.15, -0.1) is 0 Å². The van der Waals surface area contributed by atoms with E-state index in [0.29, 0.717) is 28.8 Å². The highest BCUT2D eigenvalue weighted by Crippen LogP contribution is 2.23. The Hall–Kier alpha value is -2.61. The van der Waals surface area contributed by atoms with Crippen LogP contribution in [0, 0.1) is 0 Å². The summed E-state index contributed by atoms with van der Waals surface area (Å²) in [6.07, 6.45) is 0. The maximum atomic E-state index is 12.9. The highest BCUT2D eigenvalue weighted by atomic mass is 35.5. The van der Waals surface area contributed by atoms with Crippen LogP contribution in [0.1, 0.15) is 15.9 Å². The molecule has 2 aliphatic heterocycles. The molecule has 0 saturated carbocycles. The number of carbonyl (C=O) groups excluding carboxylic acids is 3. The fourth-order valence-electron chi connectivity index (χ4n) is 3.83. The van der Waals surface area contributed by atoms with Gasteiger partial charge in [-0.3, -0.25) is 14.4 Å². The van der Waals surface area contributed by atoms with Crippen molar-refractivity contribution in [3.8, 4) is 0 Å². The van der Waals surface area contributed by atoms with Crippen molar-refractivity contribution in [2.75, 3.05) is 26.2 Å². The zero-order valence-electron chi connectivity index (χ0n) is 16.6. The van der Waals surface area contributed by atoms with Gasteiger partial charge in [-0.2, -0.15) is 0 Å². The Kier molecular flexibility index (Phi) is 6.46. The first-order chi connectivity index (χ1) is 14.9. The van der Waals surface area contributed by atoms with Gasteiger partial charge in [-0.05, 0) is 23.8 Å². The molecule has 0 aliphatic carbocycles. The van der Waals surface area contributed by atoms with Crippen LogP contribution in [0.4, 0.5) is 0 Å². The van der Waals surface area contributed by atoms with Crippen LogP contribution < -0.4 is 5.32 Å². The molecule has 31 heavy (non-hydrogen) atoms. The zero-order chi connectivity index (χ0) is 22.0. The van der Waals surface area contributed by atoms with E-state index >= 15 is 0 Å². The Labute approximate surface area is 189 Å². The van der Waals surface area contributed by atoms with Crippen molar-refractivity contribution < 1.29 is 19.1 Å². The van der Waals surface area contributed by atoms with E-state index in [-0.39, 0.29) is 37.4 Å². The molecule has 3 amide bonds. The SMILES string of the molecule is O=C1N[C@@H](COCc2ccccc2)C(=O)N2CCN(C(=O)c3cc(Cl)cc(Cl)c3)C[C@H]12. The smallest absolute Gasteiger partial charge is 0.254 e. The molecular formula is C22H21Cl2N3O4. The van der Waals surface area contributed by atoms with Crippen LogP contribution >= 0.6 is 23.2 Å². The lowest BCUT2D eigenvalue weighted by Gasteiger charge is -2.45. The molecule has 1 N–H and O–H groups in total. The first-order valence-corrected chi connectivity index (χ1v) is 10.7. The first kappa shape index (κ1) is 21.6. The molecule has 2 aliphatic rings. The van der Waals surface area contributed by atoms with E-state index in [0.717, 1.165) is 5.56 Å². The molecule has 0 radical (unpaired) electrons. The Morgan fingerprint density at radius 3 is 2.48 bits per heavy atom. The fourth-order valence-corrected chi connectivity index (χ4v) is 4.35. The maximum Gasteiger partial charge on any atom is 0.254 e. The third-order valence-electron chi connectivity index (χ3n) is 5.37. The molecule has 2 atom stereocenters. The van der Waals surface area contributed by atoms with Crippen molar-refractivity contribution in [3.05, 3.63) is 69.7 Å². The van der Waals surface area contributed by atoms with Crippen LogP contribution in [0.15, 0.2) is 48.5 Å². The topological polar surface area (TPSA) is 79.0 Å². The van der Waals surface area contributed by atoms with Crippen LogP contribution in [0.2, 0.25) is 10.0 Å². The Morgan fingerprint density at radius 1 is 1.06 bits per heavy atom. The number of nitrogens with one attached hydrogen (secondary N) is 1. The average molecular weight is 462 g/mol. The quantitative estimate of drug-likeness (QED) is 0.740. The summed E-state index contributed by atoms with van der Waals surface area (Å²) in [5.74, 6) is -0.775. The van der Waals surface area contributed by atoms with Crippen molar-refractivity contribution in [2.45, 2.75) is 18.7 Å². The second-order valence-electron chi connectivity index (χ2n) is 7.52. The van der Waals surface area contributed by atoms with E-state index in [2.05, 4.69) is 5.32 Å². The zero-order valence-corrected chi connectivity index (χ0v) is 18.1. The lowest BCUT2D eigenvalue weighted by atomic mass is 10.0.